The lowest BCUT2D eigenvalue weighted by molar-refractivity contribution is 0.475. The zero-order valence-corrected chi connectivity index (χ0v) is 12.8. The van der Waals surface area contributed by atoms with Crippen LogP contribution >= 0.6 is 11.6 Å². The summed E-state index contributed by atoms with van der Waals surface area (Å²) in [5.74, 6) is 1.82. The number of aromatic hydroxyl groups is 1. The standard InChI is InChI=1S/C15H18ClN3O/c1-8(2)13-9(3)18-14(19-15(13)17-4)10-5-6-12(20)11(16)7-10/h5-8,20H,1-4H3,(H,17,18,19). The van der Waals surface area contributed by atoms with Crippen molar-refractivity contribution >= 4 is 17.4 Å². The molecule has 2 N–H and O–H groups in total. The maximum atomic E-state index is 9.48. The van der Waals surface area contributed by atoms with Crippen molar-refractivity contribution in [2.24, 2.45) is 0 Å². The Morgan fingerprint density at radius 1 is 1.25 bits per heavy atom. The molecule has 0 spiro atoms. The van der Waals surface area contributed by atoms with E-state index in [4.69, 9.17) is 11.6 Å². The monoisotopic (exact) mass is 291 g/mol. The van der Waals surface area contributed by atoms with E-state index in [-0.39, 0.29) is 5.75 Å². The van der Waals surface area contributed by atoms with E-state index in [1.54, 1.807) is 18.2 Å². The Morgan fingerprint density at radius 3 is 2.50 bits per heavy atom. The summed E-state index contributed by atoms with van der Waals surface area (Å²) in [4.78, 5) is 9.10. The number of hydrogen-bond donors (Lipinski definition) is 2. The van der Waals surface area contributed by atoms with E-state index in [0.29, 0.717) is 16.8 Å². The van der Waals surface area contributed by atoms with E-state index in [1.165, 1.54) is 0 Å². The van der Waals surface area contributed by atoms with Gasteiger partial charge >= 0.3 is 0 Å². The van der Waals surface area contributed by atoms with Crippen LogP contribution in [0.2, 0.25) is 5.02 Å². The summed E-state index contributed by atoms with van der Waals surface area (Å²) in [7, 11) is 1.85. The average Bonchev–Trinajstić information content (AvgIpc) is 2.40. The van der Waals surface area contributed by atoms with Gasteiger partial charge in [-0.2, -0.15) is 0 Å². The highest BCUT2D eigenvalue weighted by molar-refractivity contribution is 6.32. The molecule has 0 aliphatic heterocycles. The van der Waals surface area contributed by atoms with Crippen LogP contribution in [0.3, 0.4) is 0 Å². The molecule has 1 aromatic carbocycles. The predicted octanol–water partition coefficient (Wildman–Crippen LogP) is 3.98. The van der Waals surface area contributed by atoms with Gasteiger partial charge in [0.1, 0.15) is 11.6 Å². The molecule has 1 aromatic heterocycles. The quantitative estimate of drug-likeness (QED) is 0.898. The highest BCUT2D eigenvalue weighted by Gasteiger charge is 2.15. The molecule has 0 aliphatic rings. The molecule has 20 heavy (non-hydrogen) atoms. The summed E-state index contributed by atoms with van der Waals surface area (Å²) in [5, 5.41) is 12.9. The molecular formula is C15H18ClN3O. The smallest absolute Gasteiger partial charge is 0.161 e. The molecule has 0 bridgehead atoms. The fourth-order valence-electron chi connectivity index (χ4n) is 2.24. The van der Waals surface area contributed by atoms with Crippen molar-refractivity contribution < 1.29 is 5.11 Å². The number of phenols is 1. The number of aryl methyl sites for hydroxylation is 1. The second-order valence-electron chi connectivity index (χ2n) is 4.97. The fraction of sp³-hybridized carbons (Fsp3) is 0.333. The van der Waals surface area contributed by atoms with Gasteiger partial charge in [0.15, 0.2) is 5.82 Å². The van der Waals surface area contributed by atoms with E-state index >= 15 is 0 Å². The molecule has 0 atom stereocenters. The molecule has 5 heteroatoms. The number of nitrogens with zero attached hydrogens (tertiary/aromatic N) is 2. The zero-order chi connectivity index (χ0) is 14.9. The number of phenolic OH excluding ortho intramolecular Hbond substituents is 1. The minimum Gasteiger partial charge on any atom is -0.506 e. The van der Waals surface area contributed by atoms with Crippen LogP contribution in [-0.2, 0) is 0 Å². The van der Waals surface area contributed by atoms with E-state index < -0.39 is 0 Å². The van der Waals surface area contributed by atoms with Crippen LogP contribution in [0, 0.1) is 6.92 Å². The van der Waals surface area contributed by atoms with Crippen LogP contribution in [0.15, 0.2) is 18.2 Å². The molecular weight excluding hydrogens is 274 g/mol. The van der Waals surface area contributed by atoms with Gasteiger partial charge in [-0.15, -0.1) is 0 Å². The Morgan fingerprint density at radius 2 is 1.95 bits per heavy atom. The van der Waals surface area contributed by atoms with Gasteiger partial charge < -0.3 is 10.4 Å². The average molecular weight is 292 g/mol. The molecule has 1 heterocycles. The van der Waals surface area contributed by atoms with Crippen LogP contribution in [0.5, 0.6) is 5.75 Å². The summed E-state index contributed by atoms with van der Waals surface area (Å²) in [6.07, 6.45) is 0. The SMILES string of the molecule is CNc1nc(-c2ccc(O)c(Cl)c2)nc(C)c1C(C)C. The van der Waals surface area contributed by atoms with Crippen LogP contribution in [0.25, 0.3) is 11.4 Å². The topological polar surface area (TPSA) is 58.0 Å². The molecule has 0 aliphatic carbocycles. The summed E-state index contributed by atoms with van der Waals surface area (Å²) in [5.41, 5.74) is 2.84. The first-order chi connectivity index (χ1) is 9.43. The fourth-order valence-corrected chi connectivity index (χ4v) is 2.42. The number of hydrogen-bond acceptors (Lipinski definition) is 4. The molecule has 0 unspecified atom stereocenters. The van der Waals surface area contributed by atoms with Gasteiger partial charge in [0.25, 0.3) is 0 Å². The van der Waals surface area contributed by atoms with Gasteiger partial charge in [-0.05, 0) is 31.0 Å². The maximum Gasteiger partial charge on any atom is 0.161 e. The van der Waals surface area contributed by atoms with Crippen molar-refractivity contribution in [3.63, 3.8) is 0 Å². The third kappa shape index (κ3) is 2.70. The molecule has 0 saturated carbocycles. The van der Waals surface area contributed by atoms with Gasteiger partial charge in [-0.1, -0.05) is 25.4 Å². The van der Waals surface area contributed by atoms with Crippen molar-refractivity contribution in [1.29, 1.82) is 0 Å². The van der Waals surface area contributed by atoms with E-state index in [0.717, 1.165) is 22.6 Å². The Labute approximate surface area is 123 Å². The van der Waals surface area contributed by atoms with Crippen LogP contribution < -0.4 is 5.32 Å². The Hall–Kier alpha value is -1.81. The first-order valence-electron chi connectivity index (χ1n) is 6.49. The van der Waals surface area contributed by atoms with Crippen LogP contribution in [0.1, 0.15) is 31.0 Å². The first-order valence-corrected chi connectivity index (χ1v) is 6.87. The first kappa shape index (κ1) is 14.6. The highest BCUT2D eigenvalue weighted by Crippen LogP contribution is 2.31. The number of aromatic nitrogens is 2. The normalized spacial score (nSPS) is 10.9. The van der Waals surface area contributed by atoms with E-state index in [9.17, 15) is 5.11 Å². The number of anilines is 1. The van der Waals surface area contributed by atoms with E-state index in [2.05, 4.69) is 29.1 Å². The van der Waals surface area contributed by atoms with E-state index in [1.807, 2.05) is 14.0 Å². The number of nitrogens with one attached hydrogen (secondary N) is 1. The maximum absolute atomic E-state index is 9.48. The van der Waals surface area contributed by atoms with Gasteiger partial charge in [0.05, 0.1) is 5.02 Å². The second kappa shape index (κ2) is 5.67. The lowest BCUT2D eigenvalue weighted by atomic mass is 10.0. The summed E-state index contributed by atoms with van der Waals surface area (Å²) in [6, 6.07) is 4.97. The second-order valence-corrected chi connectivity index (χ2v) is 5.37. The predicted molar refractivity (Wildman–Crippen MR) is 82.5 cm³/mol. The molecule has 4 nitrogen and oxygen atoms in total. The van der Waals surface area contributed by atoms with Crippen molar-refractivity contribution in [2.45, 2.75) is 26.7 Å². The molecule has 0 amide bonds. The summed E-state index contributed by atoms with van der Waals surface area (Å²) < 4.78 is 0. The Kier molecular flexibility index (Phi) is 4.14. The van der Waals surface area contributed by atoms with Gasteiger partial charge in [0, 0.05) is 23.9 Å². The molecule has 0 fully saturated rings. The largest absolute Gasteiger partial charge is 0.506 e. The molecule has 2 aromatic rings. The Bertz CT molecular complexity index is 641. The summed E-state index contributed by atoms with van der Waals surface area (Å²) >= 11 is 5.94. The molecule has 0 saturated heterocycles. The molecule has 106 valence electrons. The van der Waals surface area contributed by atoms with Crippen molar-refractivity contribution in [2.75, 3.05) is 12.4 Å². The number of rotatable bonds is 3. The number of benzene rings is 1. The minimum absolute atomic E-state index is 0.0554. The van der Waals surface area contributed by atoms with Gasteiger partial charge in [0.2, 0.25) is 0 Å². The summed E-state index contributed by atoms with van der Waals surface area (Å²) in [6.45, 7) is 6.20. The van der Waals surface area contributed by atoms with Crippen LogP contribution in [0.4, 0.5) is 5.82 Å². The lowest BCUT2D eigenvalue weighted by Gasteiger charge is -2.15. The lowest BCUT2D eigenvalue weighted by Crippen LogP contribution is -2.07. The zero-order valence-electron chi connectivity index (χ0n) is 12.0. The third-order valence-electron chi connectivity index (χ3n) is 3.16. The third-order valence-corrected chi connectivity index (χ3v) is 3.46. The highest BCUT2D eigenvalue weighted by atomic mass is 35.5. The van der Waals surface area contributed by atoms with Gasteiger partial charge in [-0.25, -0.2) is 9.97 Å². The molecule has 0 radical (unpaired) electrons. The molecule has 2 rings (SSSR count). The van der Waals surface area contributed by atoms with Crippen molar-refractivity contribution in [1.82, 2.24) is 9.97 Å². The van der Waals surface area contributed by atoms with Crippen LogP contribution in [-0.4, -0.2) is 22.1 Å². The van der Waals surface area contributed by atoms with Crippen molar-refractivity contribution in [3.05, 3.63) is 34.5 Å². The van der Waals surface area contributed by atoms with Gasteiger partial charge in [-0.3, -0.25) is 0 Å². The minimum atomic E-state index is 0.0554. The van der Waals surface area contributed by atoms with Crippen molar-refractivity contribution in [3.8, 4) is 17.1 Å². The number of halogens is 1. The Balaban J connectivity index is 2.58.